The van der Waals surface area contributed by atoms with Gasteiger partial charge in [0, 0.05) is 17.8 Å². The van der Waals surface area contributed by atoms with Crippen molar-refractivity contribution in [2.24, 2.45) is 5.92 Å². The van der Waals surface area contributed by atoms with Gasteiger partial charge in [0.15, 0.2) is 5.78 Å². The zero-order chi connectivity index (χ0) is 25.0. The van der Waals surface area contributed by atoms with Crippen LogP contribution in [0.5, 0.6) is 0 Å². The van der Waals surface area contributed by atoms with Crippen LogP contribution in [0.2, 0.25) is 0 Å². The molecule has 6 heteroatoms. The Labute approximate surface area is 205 Å². The van der Waals surface area contributed by atoms with Crippen molar-refractivity contribution in [2.75, 3.05) is 25.1 Å². The lowest BCUT2D eigenvalue weighted by Crippen LogP contribution is -2.35. The summed E-state index contributed by atoms with van der Waals surface area (Å²) in [6.45, 7) is 6.33. The highest BCUT2D eigenvalue weighted by Crippen LogP contribution is 2.21. The van der Waals surface area contributed by atoms with Gasteiger partial charge in [-0.3, -0.25) is 14.4 Å². The maximum absolute atomic E-state index is 13.1. The second-order valence-corrected chi connectivity index (χ2v) is 8.30. The van der Waals surface area contributed by atoms with E-state index in [1.54, 1.807) is 32.0 Å². The molecular weight excluding hydrogens is 430 g/mol. The Morgan fingerprint density at radius 1 is 0.794 bits per heavy atom. The molecule has 0 radical (unpaired) electrons. The number of esters is 2. The Bertz CT molecular complexity index is 741. The second-order valence-electron chi connectivity index (χ2n) is 8.30. The maximum Gasteiger partial charge on any atom is 0.328 e. The third-order valence-corrected chi connectivity index (χ3v) is 5.50. The minimum Gasteiger partial charge on any atom is -0.465 e. The van der Waals surface area contributed by atoms with E-state index in [0.717, 1.165) is 19.3 Å². The van der Waals surface area contributed by atoms with Gasteiger partial charge in [-0.1, -0.05) is 69.7 Å². The average molecular weight is 474 g/mol. The van der Waals surface area contributed by atoms with Crippen molar-refractivity contribution in [2.45, 2.75) is 85.0 Å². The van der Waals surface area contributed by atoms with Crippen molar-refractivity contribution < 1.29 is 23.9 Å². The van der Waals surface area contributed by atoms with E-state index >= 15 is 0 Å². The minimum atomic E-state index is -1.61. The highest BCUT2D eigenvalue weighted by atomic mass is 16.6. The van der Waals surface area contributed by atoms with Gasteiger partial charge in [-0.2, -0.15) is 0 Å². The molecule has 0 heterocycles. The number of hydrogen-bond acceptors (Lipinski definition) is 6. The van der Waals surface area contributed by atoms with Crippen molar-refractivity contribution in [1.29, 1.82) is 0 Å². The molecule has 1 aromatic rings. The number of allylic oxidation sites excluding steroid dienone is 2. The fraction of sp³-hybridized carbons (Fsp3) is 0.607. The van der Waals surface area contributed by atoms with Crippen LogP contribution in [0.25, 0.3) is 0 Å². The summed E-state index contributed by atoms with van der Waals surface area (Å²) in [6, 6.07) is 6.90. The zero-order valence-electron chi connectivity index (χ0n) is 21.3. The predicted octanol–water partition coefficient (Wildman–Crippen LogP) is 6.50. The molecule has 0 aliphatic rings. The molecule has 0 bridgehead atoms. The Morgan fingerprint density at radius 3 is 1.97 bits per heavy atom. The van der Waals surface area contributed by atoms with Gasteiger partial charge in [0.05, 0.1) is 13.2 Å². The number of carbonyl (C=O) groups excluding carboxylic acids is 3. The van der Waals surface area contributed by atoms with Crippen LogP contribution in [0, 0.1) is 5.92 Å². The summed E-state index contributed by atoms with van der Waals surface area (Å²) in [7, 11) is 0. The van der Waals surface area contributed by atoms with Gasteiger partial charge < -0.3 is 14.8 Å². The molecule has 0 aromatic heterocycles. The molecule has 34 heavy (non-hydrogen) atoms. The molecule has 0 fully saturated rings. The molecule has 0 aliphatic heterocycles. The van der Waals surface area contributed by atoms with Crippen LogP contribution in [0.1, 0.15) is 95.3 Å². The number of carbonyl (C=O) groups is 3. The van der Waals surface area contributed by atoms with Gasteiger partial charge in [0.1, 0.15) is 0 Å². The lowest BCUT2D eigenvalue weighted by atomic mass is 9.96. The van der Waals surface area contributed by atoms with Gasteiger partial charge >= 0.3 is 11.9 Å². The highest BCUT2D eigenvalue weighted by molar-refractivity contribution is 6.22. The van der Waals surface area contributed by atoms with Crippen LogP contribution in [0.4, 0.5) is 5.69 Å². The highest BCUT2D eigenvalue weighted by Gasteiger charge is 2.38. The molecule has 1 N–H and O–H groups in total. The Balaban J connectivity index is 2.50. The molecule has 1 aromatic carbocycles. The minimum absolute atomic E-state index is 0.0778. The van der Waals surface area contributed by atoms with Crippen LogP contribution in [0.3, 0.4) is 0 Å². The van der Waals surface area contributed by atoms with Gasteiger partial charge in [-0.25, -0.2) is 0 Å². The molecule has 190 valence electrons. The molecule has 0 saturated carbocycles. The van der Waals surface area contributed by atoms with Gasteiger partial charge in [-0.15, -0.1) is 0 Å². The number of para-hydroxylation sites is 1. The first-order chi connectivity index (χ1) is 16.6. The van der Waals surface area contributed by atoms with E-state index in [-0.39, 0.29) is 18.8 Å². The number of rotatable bonds is 19. The van der Waals surface area contributed by atoms with Crippen LogP contribution in [-0.2, 0) is 19.1 Å². The average Bonchev–Trinajstić information content (AvgIpc) is 2.82. The van der Waals surface area contributed by atoms with Gasteiger partial charge in [0.25, 0.3) is 0 Å². The molecular formula is C28H43NO5. The van der Waals surface area contributed by atoms with Crippen molar-refractivity contribution in [1.82, 2.24) is 0 Å². The van der Waals surface area contributed by atoms with Crippen LogP contribution in [-0.4, -0.2) is 37.5 Å². The number of ether oxygens (including phenoxy) is 2. The first-order valence-electron chi connectivity index (χ1n) is 12.9. The number of nitrogens with one attached hydrogen (secondary N) is 1. The van der Waals surface area contributed by atoms with E-state index in [9.17, 15) is 14.4 Å². The number of anilines is 1. The summed E-state index contributed by atoms with van der Waals surface area (Å²) in [5.74, 6) is -3.99. The summed E-state index contributed by atoms with van der Waals surface area (Å²) in [6.07, 6.45) is 16.7. The molecule has 0 amide bonds. The zero-order valence-corrected chi connectivity index (χ0v) is 21.3. The summed E-state index contributed by atoms with van der Waals surface area (Å²) in [5.41, 5.74) is 0.876. The summed E-state index contributed by atoms with van der Waals surface area (Å²) in [4.78, 5) is 37.7. The van der Waals surface area contributed by atoms with Crippen molar-refractivity contribution in [3.8, 4) is 0 Å². The van der Waals surface area contributed by atoms with E-state index in [2.05, 4.69) is 24.4 Å². The smallest absolute Gasteiger partial charge is 0.328 e. The summed E-state index contributed by atoms with van der Waals surface area (Å²) >= 11 is 0. The topological polar surface area (TPSA) is 81.7 Å². The van der Waals surface area contributed by atoms with Gasteiger partial charge in [-0.05, 0) is 51.7 Å². The number of unbranched alkanes of at least 4 members (excludes halogenated alkanes) is 8. The number of benzene rings is 1. The van der Waals surface area contributed by atoms with Crippen molar-refractivity contribution in [3.63, 3.8) is 0 Å². The van der Waals surface area contributed by atoms with Crippen LogP contribution < -0.4 is 5.32 Å². The lowest BCUT2D eigenvalue weighted by molar-refractivity contribution is -0.158. The first-order valence-corrected chi connectivity index (χ1v) is 12.9. The van der Waals surface area contributed by atoms with Crippen LogP contribution in [0.15, 0.2) is 36.4 Å². The maximum atomic E-state index is 13.1. The SMILES string of the molecule is CCCCCCCCC/C=C/CCCNc1ccccc1C(=O)C(C(=O)OCC)C(=O)OCC. The summed E-state index contributed by atoms with van der Waals surface area (Å²) < 4.78 is 9.90. The Kier molecular flexibility index (Phi) is 16.2. The second kappa shape index (κ2) is 18.8. The van der Waals surface area contributed by atoms with E-state index in [4.69, 9.17) is 9.47 Å². The fourth-order valence-corrected chi connectivity index (χ4v) is 3.67. The van der Waals surface area contributed by atoms with E-state index in [1.807, 2.05) is 6.07 Å². The van der Waals surface area contributed by atoms with E-state index in [0.29, 0.717) is 12.2 Å². The molecule has 0 unspecified atom stereocenters. The predicted molar refractivity (Wildman–Crippen MR) is 137 cm³/mol. The standard InChI is InChI=1S/C28H43NO5/c1-4-7-8-9-10-11-12-13-14-15-16-19-22-29-24-21-18-17-20-23(24)26(30)25(27(31)33-5-2)28(32)34-6-3/h14-15,17-18,20-21,25,29H,4-13,16,19,22H2,1-3H3/b15-14+. The van der Waals surface area contributed by atoms with Gasteiger partial charge in [0.2, 0.25) is 5.92 Å². The third-order valence-electron chi connectivity index (χ3n) is 5.50. The first kappa shape index (κ1) is 29.4. The molecule has 0 atom stereocenters. The largest absolute Gasteiger partial charge is 0.465 e. The molecule has 0 spiro atoms. The lowest BCUT2D eigenvalue weighted by Gasteiger charge is -2.16. The Hall–Kier alpha value is -2.63. The fourth-order valence-electron chi connectivity index (χ4n) is 3.67. The summed E-state index contributed by atoms with van der Waals surface area (Å²) in [5, 5.41) is 3.27. The Morgan fingerprint density at radius 2 is 1.35 bits per heavy atom. The van der Waals surface area contributed by atoms with Crippen LogP contribution >= 0.6 is 0 Å². The molecule has 0 aliphatic carbocycles. The third kappa shape index (κ3) is 11.5. The molecule has 0 saturated heterocycles. The number of hydrogen-bond donors (Lipinski definition) is 1. The quantitative estimate of drug-likeness (QED) is 0.0812. The monoisotopic (exact) mass is 473 g/mol. The number of Topliss-reactive ketones (excluding diaryl/α,β-unsaturated/α-hetero) is 1. The molecule has 6 nitrogen and oxygen atoms in total. The van der Waals surface area contributed by atoms with E-state index in [1.165, 1.54) is 44.9 Å². The van der Waals surface area contributed by atoms with Crippen molar-refractivity contribution >= 4 is 23.4 Å². The molecule has 1 rings (SSSR count). The normalized spacial score (nSPS) is 11.1. The number of ketones is 1. The van der Waals surface area contributed by atoms with E-state index < -0.39 is 23.6 Å². The van der Waals surface area contributed by atoms with Crippen molar-refractivity contribution in [3.05, 3.63) is 42.0 Å².